The van der Waals surface area contributed by atoms with Crippen LogP contribution in [0.15, 0.2) is 0 Å². The summed E-state index contributed by atoms with van der Waals surface area (Å²) in [6.45, 7) is 11.4. The molecule has 2 bridgehead atoms. The third-order valence-electron chi connectivity index (χ3n) is 5.70. The molecule has 134 valence electrons. The Labute approximate surface area is 145 Å². The van der Waals surface area contributed by atoms with Crippen LogP contribution in [-0.4, -0.2) is 38.9 Å². The molecule has 5 heteroatoms. The van der Waals surface area contributed by atoms with Crippen molar-refractivity contribution >= 4 is 26.1 Å². The van der Waals surface area contributed by atoms with Gasteiger partial charge in [-0.05, 0) is 50.1 Å². The molecule has 4 nitrogen and oxygen atoms in total. The first-order valence-corrected chi connectivity index (χ1v) is 10.6. The molecule has 2 fully saturated rings. The van der Waals surface area contributed by atoms with E-state index in [2.05, 4.69) is 11.8 Å². The smallest absolute Gasteiger partial charge is 0.313 e. The Morgan fingerprint density at radius 3 is 2.04 bits per heavy atom. The molecule has 0 spiro atoms. The van der Waals surface area contributed by atoms with Crippen molar-refractivity contribution in [2.45, 2.75) is 60.0 Å². The van der Waals surface area contributed by atoms with Crippen LogP contribution in [-0.2, 0) is 23.8 Å². The molecule has 2 rings (SSSR count). The van der Waals surface area contributed by atoms with Crippen LogP contribution in [0.4, 0.5) is 0 Å². The first kappa shape index (κ1) is 19.1. The number of carbonyl (C=O) groups excluding carboxylic acids is 2. The van der Waals surface area contributed by atoms with Crippen LogP contribution in [0.1, 0.15) is 54.4 Å². The Morgan fingerprint density at radius 2 is 1.71 bits per heavy atom. The largest absolute Gasteiger partial charge is 0.450 e. The summed E-state index contributed by atoms with van der Waals surface area (Å²) in [5, 5.41) is 0. The lowest BCUT2D eigenvalue weighted by Gasteiger charge is -2.35. The van der Waals surface area contributed by atoms with E-state index in [4.69, 9.17) is 4.74 Å². The quantitative estimate of drug-likeness (QED) is 0.435. The number of hydrogen-bond donors (Lipinski definition) is 0. The van der Waals surface area contributed by atoms with Gasteiger partial charge in [-0.15, -0.1) is 0 Å². The summed E-state index contributed by atoms with van der Waals surface area (Å²) in [4.78, 5) is 25.9. The fourth-order valence-corrected chi connectivity index (χ4v) is 4.49. The van der Waals surface area contributed by atoms with Crippen molar-refractivity contribution in [1.82, 2.24) is 0 Å². The topological polar surface area (TPSA) is 60.4 Å². The monoisotopic (exact) mass is 352 g/mol. The SMILES string of the molecule is CC(C)(C)C#CC(C(=O)[C@]12CC[C@](C)(C(=O)O1)C2(C)C)=S(C)(C)=O. The molecule has 0 aromatic heterocycles. The normalized spacial score (nSPS) is 31.2. The summed E-state index contributed by atoms with van der Waals surface area (Å²) >= 11 is 0. The molecule has 2 aliphatic rings. The van der Waals surface area contributed by atoms with Crippen LogP contribution in [0.2, 0.25) is 0 Å². The number of ketones is 1. The number of esters is 1. The van der Waals surface area contributed by atoms with Gasteiger partial charge in [-0.1, -0.05) is 25.7 Å². The van der Waals surface area contributed by atoms with Gasteiger partial charge in [-0.25, -0.2) is 0 Å². The second-order valence-electron chi connectivity index (χ2n) is 9.07. The van der Waals surface area contributed by atoms with E-state index >= 15 is 0 Å². The van der Waals surface area contributed by atoms with E-state index in [1.54, 1.807) is 0 Å². The van der Waals surface area contributed by atoms with Crippen molar-refractivity contribution in [3.8, 4) is 11.8 Å². The molecule has 1 aliphatic carbocycles. The summed E-state index contributed by atoms with van der Waals surface area (Å²) < 4.78 is 18.4. The second kappa shape index (κ2) is 5.11. The molecule has 0 amide bonds. The van der Waals surface area contributed by atoms with Crippen molar-refractivity contribution in [3.63, 3.8) is 0 Å². The highest BCUT2D eigenvalue weighted by molar-refractivity contribution is 8.02. The minimum absolute atomic E-state index is 0.0875. The molecular formula is C19H28O4S. The van der Waals surface area contributed by atoms with Gasteiger partial charge >= 0.3 is 5.97 Å². The van der Waals surface area contributed by atoms with E-state index in [0.717, 1.165) is 0 Å². The van der Waals surface area contributed by atoms with E-state index in [1.807, 2.05) is 41.5 Å². The summed E-state index contributed by atoms with van der Waals surface area (Å²) in [6, 6.07) is 0. The van der Waals surface area contributed by atoms with Gasteiger partial charge in [0.05, 0.1) is 5.41 Å². The van der Waals surface area contributed by atoms with Crippen molar-refractivity contribution in [2.75, 3.05) is 12.5 Å². The van der Waals surface area contributed by atoms with Gasteiger partial charge in [0, 0.05) is 23.3 Å². The average molecular weight is 352 g/mol. The minimum atomic E-state index is -2.59. The number of rotatable bonds is 2. The first-order valence-electron chi connectivity index (χ1n) is 8.21. The second-order valence-corrected chi connectivity index (χ2v) is 11.9. The zero-order chi connectivity index (χ0) is 18.8. The third-order valence-corrected chi connectivity index (χ3v) is 6.97. The average Bonchev–Trinajstić information content (AvgIpc) is 2.66. The number of ether oxygens (including phenoxy) is 1. The molecule has 1 saturated carbocycles. The minimum Gasteiger partial charge on any atom is -0.450 e. The lowest BCUT2D eigenvalue weighted by molar-refractivity contribution is -0.164. The van der Waals surface area contributed by atoms with Crippen LogP contribution >= 0.6 is 0 Å². The molecule has 0 aromatic carbocycles. The van der Waals surface area contributed by atoms with Crippen LogP contribution in [0.5, 0.6) is 0 Å². The lowest BCUT2D eigenvalue weighted by Crippen LogP contribution is -2.51. The van der Waals surface area contributed by atoms with Crippen LogP contribution in [0, 0.1) is 28.1 Å². The first-order chi connectivity index (χ1) is 10.6. The van der Waals surface area contributed by atoms with Crippen molar-refractivity contribution in [3.05, 3.63) is 0 Å². The van der Waals surface area contributed by atoms with E-state index in [1.165, 1.54) is 12.5 Å². The summed E-state index contributed by atoms with van der Waals surface area (Å²) in [7, 11) is -2.59. The molecule has 24 heavy (non-hydrogen) atoms. The van der Waals surface area contributed by atoms with Crippen molar-refractivity contribution in [2.24, 2.45) is 16.2 Å². The zero-order valence-corrected chi connectivity index (χ0v) is 16.8. The Kier molecular flexibility index (Phi) is 4.06. The highest BCUT2D eigenvalue weighted by Gasteiger charge is 2.75. The number of carbonyl (C=O) groups is 2. The zero-order valence-electron chi connectivity index (χ0n) is 16.0. The highest BCUT2D eigenvalue weighted by Crippen LogP contribution is 2.65. The van der Waals surface area contributed by atoms with Crippen LogP contribution in [0.25, 0.3) is 0 Å². The molecule has 1 saturated heterocycles. The highest BCUT2D eigenvalue weighted by atomic mass is 32.2. The van der Waals surface area contributed by atoms with Gasteiger partial charge in [0.1, 0.15) is 4.86 Å². The van der Waals surface area contributed by atoms with E-state index < -0.39 is 26.0 Å². The van der Waals surface area contributed by atoms with Gasteiger partial charge < -0.3 is 4.74 Å². The van der Waals surface area contributed by atoms with Gasteiger partial charge in [0.2, 0.25) is 5.78 Å². The van der Waals surface area contributed by atoms with Gasteiger partial charge in [0.15, 0.2) is 5.60 Å². The molecular weight excluding hydrogens is 324 g/mol. The Hall–Kier alpha value is -1.28. The third kappa shape index (κ3) is 2.50. The molecule has 0 radical (unpaired) electrons. The summed E-state index contributed by atoms with van der Waals surface area (Å²) in [6.07, 6.45) is 4.09. The molecule has 2 atom stereocenters. The Bertz CT molecular complexity index is 785. The van der Waals surface area contributed by atoms with Gasteiger partial charge in [-0.2, -0.15) is 0 Å². The maximum Gasteiger partial charge on any atom is 0.313 e. The van der Waals surface area contributed by atoms with E-state index in [-0.39, 0.29) is 22.0 Å². The predicted molar refractivity (Wildman–Crippen MR) is 97.2 cm³/mol. The van der Waals surface area contributed by atoms with E-state index in [0.29, 0.717) is 12.8 Å². The van der Waals surface area contributed by atoms with Gasteiger partial charge in [-0.3, -0.25) is 13.8 Å². The standard InChI is InChI=1S/C19H28O4S/c1-16(2,3)10-9-13(24(7,8)22)14(20)19-12-11-18(6,15(21)23-19)17(19,4)5/h11-12H2,1-8H3/t18-,19+/m1/s1. The maximum absolute atomic E-state index is 13.4. The lowest BCUT2D eigenvalue weighted by atomic mass is 9.65. The fraction of sp³-hybridized carbons (Fsp3) is 0.737. The Morgan fingerprint density at radius 1 is 1.17 bits per heavy atom. The molecule has 0 unspecified atom stereocenters. The molecule has 1 aliphatic heterocycles. The summed E-state index contributed by atoms with van der Waals surface area (Å²) in [5.74, 6) is 5.16. The number of Topliss-reactive ketones (excluding diaryl/α,β-unsaturated/α-hetero) is 1. The number of fused-ring (bicyclic) bond motifs is 2. The van der Waals surface area contributed by atoms with Crippen molar-refractivity contribution < 1.29 is 18.5 Å². The molecule has 0 aromatic rings. The van der Waals surface area contributed by atoms with E-state index in [9.17, 15) is 13.8 Å². The maximum atomic E-state index is 13.4. The van der Waals surface area contributed by atoms with Gasteiger partial charge in [0.25, 0.3) is 0 Å². The summed E-state index contributed by atoms with van der Waals surface area (Å²) in [5.41, 5.74) is -2.92. The Balaban J connectivity index is 2.64. The number of hydrogen-bond acceptors (Lipinski definition) is 4. The van der Waals surface area contributed by atoms with Crippen LogP contribution in [0.3, 0.4) is 0 Å². The predicted octanol–water partition coefficient (Wildman–Crippen LogP) is 2.44. The molecule has 0 N–H and O–H groups in total. The van der Waals surface area contributed by atoms with Crippen molar-refractivity contribution in [1.29, 1.82) is 0 Å². The molecule has 1 heterocycles. The van der Waals surface area contributed by atoms with Crippen LogP contribution < -0.4 is 0 Å². The fourth-order valence-electron chi connectivity index (χ4n) is 3.58.